The molecule has 0 amide bonds. The number of fused-ring (bicyclic) bond motifs is 1. The number of nitrogens with one attached hydrogen (secondary N) is 2. The van der Waals surface area contributed by atoms with Gasteiger partial charge in [-0.25, -0.2) is 18.4 Å². The Labute approximate surface area is 221 Å². The Morgan fingerprint density at radius 2 is 1.74 bits per heavy atom. The number of nitrogens with zero attached hydrogens (tertiary/aromatic N) is 2. The summed E-state index contributed by atoms with van der Waals surface area (Å²) in [5, 5.41) is 7.37. The number of benzene rings is 3. The van der Waals surface area contributed by atoms with Crippen molar-refractivity contribution in [1.82, 2.24) is 15.3 Å². The average molecular weight is 529 g/mol. The number of hydrogen-bond donors (Lipinski definition) is 2. The topological polar surface area (TPSA) is 106 Å². The van der Waals surface area contributed by atoms with Crippen molar-refractivity contribution in [3.05, 3.63) is 103 Å². The fourth-order valence-corrected chi connectivity index (χ4v) is 4.45. The summed E-state index contributed by atoms with van der Waals surface area (Å²) >= 11 is 0. The van der Waals surface area contributed by atoms with Crippen molar-refractivity contribution < 1.29 is 17.6 Å². The molecule has 3 aromatic carbocycles. The highest BCUT2D eigenvalue weighted by molar-refractivity contribution is 7.90. The van der Waals surface area contributed by atoms with Crippen LogP contribution < -0.4 is 15.4 Å². The molecule has 0 unspecified atom stereocenters. The second kappa shape index (κ2) is 11.5. The van der Waals surface area contributed by atoms with Crippen LogP contribution in [0.15, 0.2) is 95.9 Å². The number of aromatic nitrogens is 2. The van der Waals surface area contributed by atoms with Gasteiger partial charge in [0.25, 0.3) is 0 Å². The van der Waals surface area contributed by atoms with Gasteiger partial charge in [-0.15, -0.1) is 0 Å². The molecule has 0 fully saturated rings. The van der Waals surface area contributed by atoms with Gasteiger partial charge in [0.2, 0.25) is 0 Å². The van der Waals surface area contributed by atoms with E-state index < -0.39 is 9.84 Å². The molecule has 0 atom stereocenters. The first-order valence-corrected chi connectivity index (χ1v) is 14.2. The lowest BCUT2D eigenvalue weighted by Crippen LogP contribution is -2.21. The van der Waals surface area contributed by atoms with Crippen molar-refractivity contribution in [2.75, 3.05) is 23.9 Å². The molecule has 0 saturated heterocycles. The van der Waals surface area contributed by atoms with Crippen LogP contribution in [0, 0.1) is 0 Å². The molecular weight excluding hydrogens is 500 g/mol. The Bertz CT molecular complexity index is 1620. The van der Waals surface area contributed by atoms with Gasteiger partial charge in [0.15, 0.2) is 0 Å². The monoisotopic (exact) mass is 528 g/mol. The third-order valence-electron chi connectivity index (χ3n) is 5.92. The lowest BCUT2D eigenvalue weighted by atomic mass is 10.1. The van der Waals surface area contributed by atoms with Gasteiger partial charge in [-0.3, -0.25) is 0 Å². The lowest BCUT2D eigenvalue weighted by molar-refractivity contribution is 0.306. The fourth-order valence-electron chi connectivity index (χ4n) is 3.93. The Morgan fingerprint density at radius 3 is 2.53 bits per heavy atom. The lowest BCUT2D eigenvalue weighted by Gasteiger charge is -2.11. The molecular formula is C29H28N4O4S. The highest BCUT2D eigenvalue weighted by Gasteiger charge is 2.10. The van der Waals surface area contributed by atoms with Crippen molar-refractivity contribution in [1.29, 1.82) is 0 Å². The third-order valence-corrected chi connectivity index (χ3v) is 6.86. The van der Waals surface area contributed by atoms with E-state index in [0.29, 0.717) is 31.3 Å². The smallest absolute Gasteiger partial charge is 0.148 e. The summed E-state index contributed by atoms with van der Waals surface area (Å²) in [6, 6.07) is 25.6. The maximum absolute atomic E-state index is 11.3. The highest BCUT2D eigenvalue weighted by atomic mass is 32.2. The average Bonchev–Trinajstić information content (AvgIpc) is 3.40. The molecule has 5 aromatic rings. The molecule has 8 nitrogen and oxygen atoms in total. The molecule has 0 aliphatic rings. The molecule has 9 heteroatoms. The van der Waals surface area contributed by atoms with Crippen LogP contribution in [0.2, 0.25) is 0 Å². The fraction of sp³-hybridized carbons (Fsp3) is 0.172. The molecule has 0 radical (unpaired) electrons. The molecule has 0 spiro atoms. The van der Waals surface area contributed by atoms with Crippen molar-refractivity contribution in [2.45, 2.75) is 13.2 Å². The number of sulfone groups is 1. The molecule has 38 heavy (non-hydrogen) atoms. The van der Waals surface area contributed by atoms with E-state index in [4.69, 9.17) is 9.15 Å². The minimum atomic E-state index is -2.99. The minimum absolute atomic E-state index is 0.0988. The zero-order valence-corrected chi connectivity index (χ0v) is 21.7. The molecule has 2 aromatic heterocycles. The van der Waals surface area contributed by atoms with Crippen LogP contribution in [0.3, 0.4) is 0 Å². The van der Waals surface area contributed by atoms with Gasteiger partial charge in [-0.1, -0.05) is 30.3 Å². The largest absolute Gasteiger partial charge is 0.489 e. The first-order chi connectivity index (χ1) is 18.4. The van der Waals surface area contributed by atoms with Crippen molar-refractivity contribution in [2.24, 2.45) is 0 Å². The van der Waals surface area contributed by atoms with E-state index in [-0.39, 0.29) is 5.75 Å². The predicted molar refractivity (Wildman–Crippen MR) is 149 cm³/mol. The van der Waals surface area contributed by atoms with Gasteiger partial charge in [-0.05, 0) is 54.1 Å². The maximum atomic E-state index is 11.3. The maximum Gasteiger partial charge on any atom is 0.148 e. The normalized spacial score (nSPS) is 11.5. The Balaban J connectivity index is 1.27. The Kier molecular flexibility index (Phi) is 7.67. The van der Waals surface area contributed by atoms with Gasteiger partial charge in [0.1, 0.15) is 40.1 Å². The molecule has 194 valence electrons. The summed E-state index contributed by atoms with van der Waals surface area (Å²) in [6.45, 7) is 1.42. The molecule has 2 heterocycles. The third kappa shape index (κ3) is 6.76. The zero-order valence-electron chi connectivity index (χ0n) is 20.9. The molecule has 0 aliphatic carbocycles. The summed E-state index contributed by atoms with van der Waals surface area (Å²) < 4.78 is 34.3. The second-order valence-corrected chi connectivity index (χ2v) is 11.3. The summed E-state index contributed by atoms with van der Waals surface area (Å²) in [6.07, 6.45) is 4.44. The van der Waals surface area contributed by atoms with E-state index >= 15 is 0 Å². The van der Waals surface area contributed by atoms with E-state index in [0.717, 1.165) is 39.0 Å². The molecule has 0 aliphatic heterocycles. The zero-order chi connectivity index (χ0) is 26.4. The SMILES string of the molecule is CS(=O)(=O)CCNCc1coc(-c2ccc3ncnc(Nc4ccc(OCc5ccccc5)cc4)c3c2)c1. The van der Waals surface area contributed by atoms with E-state index in [1.165, 1.54) is 12.6 Å². The van der Waals surface area contributed by atoms with Crippen LogP contribution in [0.4, 0.5) is 11.5 Å². The van der Waals surface area contributed by atoms with Crippen molar-refractivity contribution in [3.63, 3.8) is 0 Å². The van der Waals surface area contributed by atoms with Crippen LogP contribution in [0.25, 0.3) is 22.2 Å². The molecule has 5 rings (SSSR count). The number of ether oxygens (including phenoxy) is 1. The summed E-state index contributed by atoms with van der Waals surface area (Å²) in [4.78, 5) is 8.87. The first-order valence-electron chi connectivity index (χ1n) is 12.2. The van der Waals surface area contributed by atoms with Gasteiger partial charge in [0.05, 0.1) is 17.5 Å². The van der Waals surface area contributed by atoms with Gasteiger partial charge < -0.3 is 19.8 Å². The molecule has 2 N–H and O–H groups in total. The van der Waals surface area contributed by atoms with Gasteiger partial charge in [-0.2, -0.15) is 0 Å². The molecule has 0 bridgehead atoms. The predicted octanol–water partition coefficient (Wildman–Crippen LogP) is 5.35. The van der Waals surface area contributed by atoms with E-state index in [1.807, 2.05) is 78.9 Å². The van der Waals surface area contributed by atoms with Crippen molar-refractivity contribution >= 4 is 32.2 Å². The minimum Gasteiger partial charge on any atom is -0.489 e. The van der Waals surface area contributed by atoms with Crippen LogP contribution in [-0.4, -0.2) is 36.9 Å². The first kappa shape index (κ1) is 25.4. The highest BCUT2D eigenvalue weighted by Crippen LogP contribution is 2.30. The Morgan fingerprint density at radius 1 is 0.921 bits per heavy atom. The van der Waals surface area contributed by atoms with Crippen LogP contribution in [0.1, 0.15) is 11.1 Å². The Hall–Kier alpha value is -4.21. The number of rotatable bonds is 11. The summed E-state index contributed by atoms with van der Waals surface area (Å²) in [5.41, 5.74) is 4.63. The standard InChI is InChI=1S/C29H28N4O4S/c1-38(34,35)14-13-30-17-22-15-28(37-19-22)23-7-12-27-26(16-23)29(32-20-31-27)33-24-8-10-25(11-9-24)36-18-21-5-3-2-4-6-21/h2-12,15-16,19-20,30H,13-14,17-18H2,1H3,(H,31,32,33). The van der Waals surface area contributed by atoms with E-state index in [9.17, 15) is 8.42 Å². The van der Waals surface area contributed by atoms with Crippen LogP contribution >= 0.6 is 0 Å². The van der Waals surface area contributed by atoms with E-state index in [1.54, 1.807) is 6.26 Å². The number of furan rings is 1. The van der Waals surface area contributed by atoms with Gasteiger partial charge in [0, 0.05) is 41.5 Å². The number of hydrogen-bond acceptors (Lipinski definition) is 8. The van der Waals surface area contributed by atoms with E-state index in [2.05, 4.69) is 20.6 Å². The van der Waals surface area contributed by atoms with Crippen LogP contribution in [0.5, 0.6) is 5.75 Å². The van der Waals surface area contributed by atoms with Crippen molar-refractivity contribution in [3.8, 4) is 17.1 Å². The second-order valence-electron chi connectivity index (χ2n) is 9.00. The quantitative estimate of drug-likeness (QED) is 0.221. The summed E-state index contributed by atoms with van der Waals surface area (Å²) in [5.74, 6) is 2.28. The summed E-state index contributed by atoms with van der Waals surface area (Å²) in [7, 11) is -2.99. The molecule has 0 saturated carbocycles. The number of anilines is 2. The van der Waals surface area contributed by atoms with Crippen LogP contribution in [-0.2, 0) is 23.0 Å². The van der Waals surface area contributed by atoms with Gasteiger partial charge >= 0.3 is 0 Å².